The third kappa shape index (κ3) is 3.31. The van der Waals surface area contributed by atoms with Crippen LogP contribution >= 0.6 is 0 Å². The van der Waals surface area contributed by atoms with E-state index in [4.69, 9.17) is 10.2 Å². The largest absolute Gasteiger partial charge is 0.444 e. The lowest BCUT2D eigenvalue weighted by Crippen LogP contribution is -2.29. The van der Waals surface area contributed by atoms with Gasteiger partial charge in [-0.3, -0.25) is 4.90 Å². The van der Waals surface area contributed by atoms with Gasteiger partial charge in [0.2, 0.25) is 5.89 Å². The van der Waals surface area contributed by atoms with Gasteiger partial charge in [0, 0.05) is 24.7 Å². The molecule has 1 aromatic heterocycles. The second-order valence-corrected chi connectivity index (χ2v) is 5.79. The highest BCUT2D eigenvalue weighted by molar-refractivity contribution is 5.52. The lowest BCUT2D eigenvalue weighted by Gasteiger charge is -2.16. The molecule has 1 saturated heterocycles. The summed E-state index contributed by atoms with van der Waals surface area (Å²) in [6.45, 7) is 4.90. The zero-order valence-corrected chi connectivity index (χ0v) is 12.1. The van der Waals surface area contributed by atoms with Crippen molar-refractivity contribution in [2.45, 2.75) is 25.9 Å². The Labute approximate surface area is 123 Å². The molecule has 4 nitrogen and oxygen atoms in total. The van der Waals surface area contributed by atoms with Crippen LogP contribution in [0.15, 0.2) is 34.9 Å². The lowest BCUT2D eigenvalue weighted by molar-refractivity contribution is 0.305. The Bertz CT molecular complexity index is 594. The molecule has 1 aliphatic rings. The minimum absolute atomic E-state index is 0.238. The van der Waals surface area contributed by atoms with Crippen LogP contribution in [0.5, 0.6) is 0 Å². The third-order valence-electron chi connectivity index (χ3n) is 4.08. The molecule has 2 aromatic rings. The predicted octanol–water partition coefficient (Wildman–Crippen LogP) is 2.65. The first kappa shape index (κ1) is 14.2. The van der Waals surface area contributed by atoms with E-state index in [9.17, 15) is 4.39 Å². The summed E-state index contributed by atoms with van der Waals surface area (Å²) >= 11 is 0. The molecule has 112 valence electrons. The second-order valence-electron chi connectivity index (χ2n) is 5.79. The van der Waals surface area contributed by atoms with Crippen molar-refractivity contribution in [1.29, 1.82) is 0 Å². The van der Waals surface area contributed by atoms with E-state index in [1.807, 2.05) is 0 Å². The molecule has 5 heteroatoms. The topological polar surface area (TPSA) is 55.3 Å². The number of benzene rings is 1. The first-order chi connectivity index (χ1) is 10.1. The Kier molecular flexibility index (Phi) is 4.03. The van der Waals surface area contributed by atoms with Gasteiger partial charge in [-0.2, -0.15) is 0 Å². The van der Waals surface area contributed by atoms with Crippen LogP contribution in [0.2, 0.25) is 0 Å². The quantitative estimate of drug-likeness (QED) is 0.940. The number of halogens is 1. The number of aromatic nitrogens is 1. The van der Waals surface area contributed by atoms with Crippen LogP contribution in [-0.2, 0) is 6.54 Å². The van der Waals surface area contributed by atoms with Gasteiger partial charge in [0.1, 0.15) is 12.1 Å². The van der Waals surface area contributed by atoms with Crippen LogP contribution < -0.4 is 5.73 Å². The van der Waals surface area contributed by atoms with Gasteiger partial charge in [0.25, 0.3) is 0 Å². The maximum atomic E-state index is 12.9. The summed E-state index contributed by atoms with van der Waals surface area (Å²) in [6, 6.07) is 6.40. The summed E-state index contributed by atoms with van der Waals surface area (Å²) in [4.78, 5) is 6.83. The summed E-state index contributed by atoms with van der Waals surface area (Å²) in [6.07, 6.45) is 2.82. The number of oxazole rings is 1. The van der Waals surface area contributed by atoms with Crippen molar-refractivity contribution >= 4 is 0 Å². The van der Waals surface area contributed by atoms with Crippen LogP contribution in [0.1, 0.15) is 19.0 Å². The van der Waals surface area contributed by atoms with Gasteiger partial charge in [0.15, 0.2) is 0 Å². The zero-order chi connectivity index (χ0) is 14.8. The highest BCUT2D eigenvalue weighted by Gasteiger charge is 2.25. The summed E-state index contributed by atoms with van der Waals surface area (Å²) in [5, 5.41) is 0. The Balaban J connectivity index is 1.64. The average Bonchev–Trinajstić information content (AvgIpc) is 3.10. The molecule has 2 heterocycles. The van der Waals surface area contributed by atoms with Crippen molar-refractivity contribution in [2.75, 3.05) is 13.1 Å². The van der Waals surface area contributed by atoms with E-state index < -0.39 is 0 Å². The summed E-state index contributed by atoms with van der Waals surface area (Å²) in [7, 11) is 0. The molecule has 3 rings (SSSR count). The maximum Gasteiger partial charge on any atom is 0.226 e. The molecule has 2 atom stereocenters. The van der Waals surface area contributed by atoms with E-state index in [0.717, 1.165) is 37.3 Å². The van der Waals surface area contributed by atoms with Crippen LogP contribution in [0.3, 0.4) is 0 Å². The molecule has 21 heavy (non-hydrogen) atoms. The summed E-state index contributed by atoms with van der Waals surface area (Å²) in [5.41, 5.74) is 7.65. The van der Waals surface area contributed by atoms with Crippen molar-refractivity contribution in [3.8, 4) is 11.5 Å². The normalized spacial score (nSPS) is 20.8. The van der Waals surface area contributed by atoms with E-state index in [0.29, 0.717) is 11.8 Å². The number of hydrogen-bond donors (Lipinski definition) is 1. The number of likely N-dealkylation sites (tertiary alicyclic amines) is 1. The van der Waals surface area contributed by atoms with Gasteiger partial charge in [-0.05, 0) is 50.1 Å². The zero-order valence-electron chi connectivity index (χ0n) is 12.1. The SMILES string of the molecule is CC(N)C1CCN(Cc2coc(-c3ccc(F)cc3)n2)C1. The van der Waals surface area contributed by atoms with Crippen LogP contribution in [0.4, 0.5) is 4.39 Å². The van der Waals surface area contributed by atoms with E-state index in [1.165, 1.54) is 12.1 Å². The Morgan fingerprint density at radius 2 is 2.19 bits per heavy atom. The van der Waals surface area contributed by atoms with Gasteiger partial charge in [-0.25, -0.2) is 9.37 Å². The molecule has 2 unspecified atom stereocenters. The molecule has 0 saturated carbocycles. The molecule has 0 spiro atoms. The Hall–Kier alpha value is -1.72. The van der Waals surface area contributed by atoms with E-state index >= 15 is 0 Å². The summed E-state index contributed by atoms with van der Waals surface area (Å²) < 4.78 is 18.4. The molecule has 0 bridgehead atoms. The molecule has 0 radical (unpaired) electrons. The fourth-order valence-electron chi connectivity index (χ4n) is 2.77. The first-order valence-electron chi connectivity index (χ1n) is 7.30. The molecule has 1 aromatic carbocycles. The van der Waals surface area contributed by atoms with Gasteiger partial charge in [-0.15, -0.1) is 0 Å². The van der Waals surface area contributed by atoms with Crippen molar-refractivity contribution in [1.82, 2.24) is 9.88 Å². The number of rotatable bonds is 4. The van der Waals surface area contributed by atoms with Gasteiger partial charge >= 0.3 is 0 Å². The van der Waals surface area contributed by atoms with Crippen LogP contribution in [0, 0.1) is 11.7 Å². The Morgan fingerprint density at radius 3 is 2.86 bits per heavy atom. The monoisotopic (exact) mass is 289 g/mol. The average molecular weight is 289 g/mol. The molecule has 0 aliphatic carbocycles. The Morgan fingerprint density at radius 1 is 1.43 bits per heavy atom. The molecule has 1 fully saturated rings. The molecular weight excluding hydrogens is 269 g/mol. The fourth-order valence-corrected chi connectivity index (χ4v) is 2.77. The van der Waals surface area contributed by atoms with E-state index in [-0.39, 0.29) is 11.9 Å². The van der Waals surface area contributed by atoms with Crippen LogP contribution in [-0.4, -0.2) is 29.0 Å². The predicted molar refractivity (Wildman–Crippen MR) is 78.9 cm³/mol. The van der Waals surface area contributed by atoms with Crippen LogP contribution in [0.25, 0.3) is 11.5 Å². The van der Waals surface area contributed by atoms with Crippen molar-refractivity contribution in [3.63, 3.8) is 0 Å². The highest BCUT2D eigenvalue weighted by Crippen LogP contribution is 2.23. The lowest BCUT2D eigenvalue weighted by atomic mass is 10.0. The molecular formula is C16H20FN3O. The fraction of sp³-hybridized carbons (Fsp3) is 0.438. The molecule has 1 aliphatic heterocycles. The van der Waals surface area contributed by atoms with E-state index in [1.54, 1.807) is 18.4 Å². The van der Waals surface area contributed by atoms with Gasteiger partial charge in [0.05, 0.1) is 5.69 Å². The standard InChI is InChI=1S/C16H20FN3O/c1-11(18)13-6-7-20(8-13)9-15-10-21-16(19-15)12-2-4-14(17)5-3-12/h2-5,10-11,13H,6-9,18H2,1H3. The van der Waals surface area contributed by atoms with E-state index in [2.05, 4.69) is 16.8 Å². The van der Waals surface area contributed by atoms with Crippen molar-refractivity contribution in [3.05, 3.63) is 42.0 Å². The molecule has 0 amide bonds. The molecule has 2 N–H and O–H groups in total. The van der Waals surface area contributed by atoms with Crippen molar-refractivity contribution < 1.29 is 8.81 Å². The van der Waals surface area contributed by atoms with Gasteiger partial charge < -0.3 is 10.2 Å². The number of nitrogens with zero attached hydrogens (tertiary/aromatic N) is 2. The minimum atomic E-state index is -0.260. The minimum Gasteiger partial charge on any atom is -0.444 e. The number of nitrogens with two attached hydrogens (primary N) is 1. The highest BCUT2D eigenvalue weighted by atomic mass is 19.1. The number of hydrogen-bond acceptors (Lipinski definition) is 4. The third-order valence-corrected chi connectivity index (χ3v) is 4.08. The summed E-state index contributed by atoms with van der Waals surface area (Å²) in [5.74, 6) is 0.839. The smallest absolute Gasteiger partial charge is 0.226 e. The first-order valence-corrected chi connectivity index (χ1v) is 7.30. The van der Waals surface area contributed by atoms with Gasteiger partial charge in [-0.1, -0.05) is 0 Å². The second kappa shape index (κ2) is 5.95. The maximum absolute atomic E-state index is 12.9. The van der Waals surface area contributed by atoms with Crippen molar-refractivity contribution in [2.24, 2.45) is 11.7 Å².